The van der Waals surface area contributed by atoms with Crippen molar-refractivity contribution < 1.29 is 17.9 Å². The van der Waals surface area contributed by atoms with Gasteiger partial charge in [-0.25, -0.2) is 0 Å². The maximum absolute atomic E-state index is 11.9. The predicted molar refractivity (Wildman–Crippen MR) is 61.5 cm³/mol. The first-order valence-electron chi connectivity index (χ1n) is 5.19. The Labute approximate surface area is 104 Å². The zero-order chi connectivity index (χ0) is 12.9. The van der Waals surface area contributed by atoms with Gasteiger partial charge in [0.2, 0.25) is 0 Å². The van der Waals surface area contributed by atoms with Crippen molar-refractivity contribution >= 4 is 11.6 Å². The minimum absolute atomic E-state index is 0.0218. The van der Waals surface area contributed by atoms with Crippen molar-refractivity contribution in [3.63, 3.8) is 0 Å². The highest BCUT2D eigenvalue weighted by atomic mass is 35.5. The third-order valence-corrected chi connectivity index (χ3v) is 2.69. The molecule has 1 rings (SSSR count). The quantitative estimate of drug-likeness (QED) is 0.735. The van der Waals surface area contributed by atoms with E-state index < -0.39 is 12.8 Å². The van der Waals surface area contributed by atoms with Crippen LogP contribution in [-0.4, -0.2) is 25.3 Å². The van der Waals surface area contributed by atoms with E-state index in [-0.39, 0.29) is 18.4 Å². The van der Waals surface area contributed by atoms with Gasteiger partial charge in [0.25, 0.3) is 0 Å². The van der Waals surface area contributed by atoms with Crippen molar-refractivity contribution in [3.05, 3.63) is 35.4 Å². The van der Waals surface area contributed by atoms with Crippen LogP contribution in [0.25, 0.3) is 0 Å². The summed E-state index contributed by atoms with van der Waals surface area (Å²) in [5.41, 5.74) is 1.99. The Morgan fingerprint density at radius 3 is 2.29 bits per heavy atom. The van der Waals surface area contributed by atoms with Crippen molar-refractivity contribution in [3.8, 4) is 0 Å². The summed E-state index contributed by atoms with van der Waals surface area (Å²) in [6.45, 7) is 0.692. The van der Waals surface area contributed by atoms with Crippen LogP contribution in [0.1, 0.15) is 17.0 Å². The van der Waals surface area contributed by atoms with Crippen LogP contribution in [0.5, 0.6) is 0 Å². The van der Waals surface area contributed by atoms with E-state index in [0.29, 0.717) is 0 Å². The van der Waals surface area contributed by atoms with Gasteiger partial charge in [0.1, 0.15) is 6.61 Å². The fraction of sp³-hybridized carbons (Fsp3) is 0.500. The highest BCUT2D eigenvalue weighted by molar-refractivity contribution is 6.18. The summed E-state index contributed by atoms with van der Waals surface area (Å²) in [6, 6.07) is 7.52. The lowest BCUT2D eigenvalue weighted by Gasteiger charge is -2.15. The van der Waals surface area contributed by atoms with Crippen LogP contribution in [0, 0.1) is 6.92 Å². The molecule has 0 bridgehead atoms. The second-order valence-corrected chi connectivity index (χ2v) is 4.20. The van der Waals surface area contributed by atoms with Gasteiger partial charge in [-0.2, -0.15) is 13.2 Å². The Bertz CT molecular complexity index is 335. The lowest BCUT2D eigenvalue weighted by atomic mass is 10.0. The maximum atomic E-state index is 11.9. The van der Waals surface area contributed by atoms with E-state index in [1.54, 1.807) is 0 Å². The van der Waals surface area contributed by atoms with Crippen LogP contribution in [0.15, 0.2) is 24.3 Å². The van der Waals surface area contributed by atoms with Crippen molar-refractivity contribution in [2.24, 2.45) is 0 Å². The molecule has 1 atom stereocenters. The smallest absolute Gasteiger partial charge is 0.371 e. The first-order valence-corrected chi connectivity index (χ1v) is 5.73. The molecular formula is C12H14ClF3O. The molecule has 0 saturated heterocycles. The number of benzene rings is 1. The van der Waals surface area contributed by atoms with Crippen molar-refractivity contribution in [2.75, 3.05) is 19.1 Å². The number of aryl methyl sites for hydroxylation is 1. The molecule has 0 aliphatic rings. The summed E-state index contributed by atoms with van der Waals surface area (Å²) in [5, 5.41) is 0. The summed E-state index contributed by atoms with van der Waals surface area (Å²) in [5.74, 6) is 0.0283. The maximum Gasteiger partial charge on any atom is 0.411 e. The second-order valence-electron chi connectivity index (χ2n) is 3.89. The van der Waals surface area contributed by atoms with E-state index >= 15 is 0 Å². The van der Waals surface area contributed by atoms with Gasteiger partial charge < -0.3 is 4.74 Å². The van der Waals surface area contributed by atoms with Gasteiger partial charge >= 0.3 is 6.18 Å². The molecule has 0 heterocycles. The first kappa shape index (κ1) is 14.3. The minimum atomic E-state index is -4.29. The minimum Gasteiger partial charge on any atom is -0.371 e. The summed E-state index contributed by atoms with van der Waals surface area (Å²) in [4.78, 5) is 0. The highest BCUT2D eigenvalue weighted by Gasteiger charge is 2.28. The molecule has 1 aromatic rings. The zero-order valence-electron chi connectivity index (χ0n) is 9.43. The molecular weight excluding hydrogens is 253 g/mol. The fourth-order valence-electron chi connectivity index (χ4n) is 1.39. The second kappa shape index (κ2) is 6.26. The first-order chi connectivity index (χ1) is 7.92. The molecule has 0 fully saturated rings. The molecule has 0 aliphatic carbocycles. The van der Waals surface area contributed by atoms with Crippen LogP contribution in [-0.2, 0) is 4.74 Å². The Balaban J connectivity index is 2.51. The number of hydrogen-bond acceptors (Lipinski definition) is 1. The Morgan fingerprint density at radius 2 is 1.82 bits per heavy atom. The molecule has 5 heteroatoms. The molecule has 0 radical (unpaired) electrons. The average molecular weight is 267 g/mol. The molecule has 0 spiro atoms. The van der Waals surface area contributed by atoms with Crippen LogP contribution < -0.4 is 0 Å². The Morgan fingerprint density at radius 1 is 1.24 bits per heavy atom. The number of halogens is 4. The molecule has 96 valence electrons. The summed E-state index contributed by atoms with van der Waals surface area (Å²) in [6.07, 6.45) is -4.29. The lowest BCUT2D eigenvalue weighted by molar-refractivity contribution is -0.174. The van der Waals surface area contributed by atoms with Crippen LogP contribution in [0.2, 0.25) is 0 Å². The SMILES string of the molecule is Cc1ccc(C(CCl)COCC(F)(F)F)cc1. The summed E-state index contributed by atoms with van der Waals surface area (Å²) in [7, 11) is 0. The monoisotopic (exact) mass is 266 g/mol. The van der Waals surface area contributed by atoms with Crippen molar-refractivity contribution in [2.45, 2.75) is 19.0 Å². The molecule has 1 unspecified atom stereocenters. The Kier molecular flexibility index (Phi) is 5.28. The van der Waals surface area contributed by atoms with Crippen LogP contribution >= 0.6 is 11.6 Å². The standard InChI is InChI=1S/C12H14ClF3O/c1-9-2-4-10(5-3-9)11(6-13)7-17-8-12(14,15)16/h2-5,11H,6-8H2,1H3. The summed E-state index contributed by atoms with van der Waals surface area (Å²) >= 11 is 5.73. The number of alkyl halides is 4. The van der Waals surface area contributed by atoms with Crippen LogP contribution in [0.3, 0.4) is 0 Å². The van der Waals surface area contributed by atoms with E-state index in [9.17, 15) is 13.2 Å². The van der Waals surface area contributed by atoms with E-state index in [1.807, 2.05) is 31.2 Å². The van der Waals surface area contributed by atoms with Gasteiger partial charge in [0.05, 0.1) is 6.61 Å². The van der Waals surface area contributed by atoms with E-state index in [2.05, 4.69) is 4.74 Å². The number of rotatable bonds is 5. The van der Waals surface area contributed by atoms with E-state index in [0.717, 1.165) is 11.1 Å². The number of hydrogen-bond donors (Lipinski definition) is 0. The normalized spacial score (nSPS) is 13.7. The van der Waals surface area contributed by atoms with Crippen molar-refractivity contribution in [1.29, 1.82) is 0 Å². The highest BCUT2D eigenvalue weighted by Crippen LogP contribution is 2.20. The van der Waals surface area contributed by atoms with Crippen molar-refractivity contribution in [1.82, 2.24) is 0 Å². The van der Waals surface area contributed by atoms with E-state index in [4.69, 9.17) is 11.6 Å². The van der Waals surface area contributed by atoms with Gasteiger partial charge in [-0.1, -0.05) is 29.8 Å². The molecule has 0 saturated carbocycles. The Hall–Kier alpha value is -0.740. The third kappa shape index (κ3) is 5.41. The van der Waals surface area contributed by atoms with Gasteiger partial charge in [-0.05, 0) is 12.5 Å². The largest absolute Gasteiger partial charge is 0.411 e. The topological polar surface area (TPSA) is 9.23 Å². The molecule has 1 nitrogen and oxygen atoms in total. The average Bonchev–Trinajstić information content (AvgIpc) is 2.24. The van der Waals surface area contributed by atoms with Gasteiger partial charge in [-0.3, -0.25) is 0 Å². The zero-order valence-corrected chi connectivity index (χ0v) is 10.2. The predicted octanol–water partition coefficient (Wildman–Crippen LogP) is 3.90. The molecule has 1 aromatic carbocycles. The van der Waals surface area contributed by atoms with Gasteiger partial charge in [0, 0.05) is 11.8 Å². The van der Waals surface area contributed by atoms with Crippen LogP contribution in [0.4, 0.5) is 13.2 Å². The lowest BCUT2D eigenvalue weighted by Crippen LogP contribution is -2.20. The fourth-order valence-corrected chi connectivity index (χ4v) is 1.65. The van der Waals surface area contributed by atoms with E-state index in [1.165, 1.54) is 0 Å². The number of ether oxygens (including phenoxy) is 1. The molecule has 0 N–H and O–H groups in total. The molecule has 0 aromatic heterocycles. The van der Waals surface area contributed by atoms with Gasteiger partial charge in [-0.15, -0.1) is 11.6 Å². The molecule has 0 amide bonds. The third-order valence-electron chi connectivity index (χ3n) is 2.32. The molecule has 0 aliphatic heterocycles. The van der Waals surface area contributed by atoms with Gasteiger partial charge in [0.15, 0.2) is 0 Å². The molecule has 17 heavy (non-hydrogen) atoms. The summed E-state index contributed by atoms with van der Waals surface area (Å²) < 4.78 is 40.3.